The summed E-state index contributed by atoms with van der Waals surface area (Å²) in [7, 11) is 1.58. The van der Waals surface area contributed by atoms with Gasteiger partial charge in [0.05, 0.1) is 25.9 Å². The van der Waals surface area contributed by atoms with Gasteiger partial charge < -0.3 is 10.1 Å². The Morgan fingerprint density at radius 2 is 2.10 bits per heavy atom. The van der Waals surface area contributed by atoms with Crippen molar-refractivity contribution in [3.05, 3.63) is 23.8 Å². The molecule has 0 radical (unpaired) electrons. The number of rotatable bonds is 5. The monoisotopic (exact) mass is 274 g/mol. The average molecular weight is 274 g/mol. The maximum atomic E-state index is 11.8. The van der Waals surface area contributed by atoms with Crippen LogP contribution in [0.3, 0.4) is 0 Å². The van der Waals surface area contributed by atoms with Crippen molar-refractivity contribution < 1.29 is 9.53 Å². The fourth-order valence-electron chi connectivity index (χ4n) is 1.71. The predicted octanol–water partition coefficient (Wildman–Crippen LogP) is 2.15. The standard InChI is InChI=1S/C16H22N2O2/c1-6-9-17-11-15(19)18-13-10-12(16(2,3)4)7-8-14(13)20-5/h1,7-8,10,17H,9,11H2,2-5H3,(H,18,19). The molecule has 0 saturated carbocycles. The third-order valence-electron chi connectivity index (χ3n) is 2.85. The maximum Gasteiger partial charge on any atom is 0.238 e. The summed E-state index contributed by atoms with van der Waals surface area (Å²) in [6, 6.07) is 5.81. The zero-order valence-electron chi connectivity index (χ0n) is 12.5. The Bertz CT molecular complexity index is 510. The molecule has 4 heteroatoms. The summed E-state index contributed by atoms with van der Waals surface area (Å²) in [5.74, 6) is 2.92. The molecular weight excluding hydrogens is 252 g/mol. The number of terminal acetylenes is 1. The largest absolute Gasteiger partial charge is 0.495 e. The minimum Gasteiger partial charge on any atom is -0.495 e. The van der Waals surface area contributed by atoms with Crippen molar-refractivity contribution in [3.63, 3.8) is 0 Å². The van der Waals surface area contributed by atoms with Gasteiger partial charge in [0.2, 0.25) is 5.91 Å². The van der Waals surface area contributed by atoms with Crippen LogP contribution in [-0.4, -0.2) is 26.1 Å². The van der Waals surface area contributed by atoms with Crippen LogP contribution >= 0.6 is 0 Å². The molecule has 0 spiro atoms. The molecule has 0 bridgehead atoms. The molecule has 20 heavy (non-hydrogen) atoms. The van der Waals surface area contributed by atoms with Gasteiger partial charge in [-0.3, -0.25) is 10.1 Å². The van der Waals surface area contributed by atoms with E-state index < -0.39 is 0 Å². The van der Waals surface area contributed by atoms with Gasteiger partial charge in [0.1, 0.15) is 5.75 Å². The number of amides is 1. The fraction of sp³-hybridized carbons (Fsp3) is 0.438. The molecule has 0 aliphatic heterocycles. The molecule has 108 valence electrons. The summed E-state index contributed by atoms with van der Waals surface area (Å²) in [6.07, 6.45) is 5.12. The SMILES string of the molecule is C#CCNCC(=O)Nc1cc(C(C)(C)C)ccc1OC. The van der Waals surface area contributed by atoms with Crippen molar-refractivity contribution in [3.8, 4) is 18.1 Å². The van der Waals surface area contributed by atoms with Crippen LogP contribution in [0.15, 0.2) is 18.2 Å². The Kier molecular flexibility index (Phi) is 5.60. The Morgan fingerprint density at radius 1 is 1.40 bits per heavy atom. The Hall–Kier alpha value is -1.99. The van der Waals surface area contributed by atoms with Gasteiger partial charge >= 0.3 is 0 Å². The molecule has 0 unspecified atom stereocenters. The third-order valence-corrected chi connectivity index (χ3v) is 2.85. The van der Waals surface area contributed by atoms with E-state index in [9.17, 15) is 4.79 Å². The first-order valence-corrected chi connectivity index (χ1v) is 6.51. The molecular formula is C16H22N2O2. The number of carbonyl (C=O) groups is 1. The lowest BCUT2D eigenvalue weighted by atomic mass is 9.87. The second kappa shape index (κ2) is 6.97. The first-order chi connectivity index (χ1) is 9.38. The summed E-state index contributed by atoms with van der Waals surface area (Å²) in [5.41, 5.74) is 1.81. The number of hydrogen-bond acceptors (Lipinski definition) is 3. The van der Waals surface area contributed by atoms with Gasteiger partial charge in [-0.15, -0.1) is 6.42 Å². The zero-order chi connectivity index (χ0) is 15.2. The average Bonchev–Trinajstić information content (AvgIpc) is 2.38. The second-order valence-electron chi connectivity index (χ2n) is 5.52. The van der Waals surface area contributed by atoms with Crippen molar-refractivity contribution in [2.24, 2.45) is 0 Å². The van der Waals surface area contributed by atoms with Crippen LogP contribution in [0.1, 0.15) is 26.3 Å². The molecule has 0 atom stereocenters. The summed E-state index contributed by atoms with van der Waals surface area (Å²) in [5, 5.41) is 5.69. The molecule has 4 nitrogen and oxygen atoms in total. The predicted molar refractivity (Wildman–Crippen MR) is 82.0 cm³/mol. The Morgan fingerprint density at radius 3 is 2.65 bits per heavy atom. The van der Waals surface area contributed by atoms with Crippen molar-refractivity contribution in [1.82, 2.24) is 5.32 Å². The van der Waals surface area contributed by atoms with Crippen molar-refractivity contribution in [2.45, 2.75) is 26.2 Å². The molecule has 0 aromatic heterocycles. The van der Waals surface area contributed by atoms with Crippen molar-refractivity contribution in [1.29, 1.82) is 0 Å². The Balaban J connectivity index is 2.87. The van der Waals surface area contributed by atoms with Crippen LogP contribution in [0.5, 0.6) is 5.75 Å². The van der Waals surface area contributed by atoms with Gasteiger partial charge in [-0.1, -0.05) is 32.8 Å². The number of anilines is 1. The molecule has 1 rings (SSSR count). The van der Waals surface area contributed by atoms with E-state index in [0.717, 1.165) is 5.56 Å². The fourth-order valence-corrected chi connectivity index (χ4v) is 1.71. The second-order valence-corrected chi connectivity index (χ2v) is 5.52. The number of carbonyl (C=O) groups excluding carboxylic acids is 1. The first-order valence-electron chi connectivity index (χ1n) is 6.51. The lowest BCUT2D eigenvalue weighted by Crippen LogP contribution is -2.28. The van der Waals surface area contributed by atoms with Crippen LogP contribution in [0.4, 0.5) is 5.69 Å². The minimum absolute atomic E-state index is 0.00741. The summed E-state index contributed by atoms with van der Waals surface area (Å²) < 4.78 is 5.27. The summed E-state index contributed by atoms with van der Waals surface area (Å²) in [6.45, 7) is 6.90. The van der Waals surface area contributed by atoms with E-state index >= 15 is 0 Å². The van der Waals surface area contributed by atoms with E-state index in [0.29, 0.717) is 18.0 Å². The molecule has 1 aromatic rings. The van der Waals surface area contributed by atoms with E-state index in [1.807, 2.05) is 18.2 Å². The van der Waals surface area contributed by atoms with Crippen molar-refractivity contribution in [2.75, 3.05) is 25.5 Å². The van der Waals surface area contributed by atoms with E-state index in [4.69, 9.17) is 11.2 Å². The van der Waals surface area contributed by atoms with Crippen LogP contribution in [0.2, 0.25) is 0 Å². The molecule has 0 heterocycles. The van der Waals surface area contributed by atoms with Gasteiger partial charge in [0, 0.05) is 0 Å². The van der Waals surface area contributed by atoms with Crippen molar-refractivity contribution >= 4 is 11.6 Å². The van der Waals surface area contributed by atoms with E-state index in [-0.39, 0.29) is 17.9 Å². The molecule has 2 N–H and O–H groups in total. The highest BCUT2D eigenvalue weighted by Crippen LogP contribution is 2.31. The highest BCUT2D eigenvalue weighted by molar-refractivity contribution is 5.93. The van der Waals surface area contributed by atoms with Crippen LogP contribution in [0, 0.1) is 12.3 Å². The number of benzene rings is 1. The highest BCUT2D eigenvalue weighted by Gasteiger charge is 2.16. The molecule has 0 fully saturated rings. The highest BCUT2D eigenvalue weighted by atomic mass is 16.5. The van der Waals surface area contributed by atoms with Crippen LogP contribution < -0.4 is 15.4 Å². The maximum absolute atomic E-state index is 11.8. The number of nitrogens with one attached hydrogen (secondary N) is 2. The first kappa shape index (κ1) is 16.1. The Labute approximate surface area is 120 Å². The zero-order valence-corrected chi connectivity index (χ0v) is 12.5. The third kappa shape index (κ3) is 4.60. The van der Waals surface area contributed by atoms with Gasteiger partial charge in [0.25, 0.3) is 0 Å². The van der Waals surface area contributed by atoms with E-state index in [1.165, 1.54) is 0 Å². The molecule has 1 aromatic carbocycles. The van der Waals surface area contributed by atoms with Gasteiger partial charge in [-0.2, -0.15) is 0 Å². The quantitative estimate of drug-likeness (QED) is 0.639. The van der Waals surface area contributed by atoms with Gasteiger partial charge in [-0.25, -0.2) is 0 Å². The minimum atomic E-state index is -0.149. The molecule has 0 saturated heterocycles. The molecule has 1 amide bonds. The van der Waals surface area contributed by atoms with E-state index in [1.54, 1.807) is 7.11 Å². The number of methoxy groups -OCH3 is 1. The van der Waals surface area contributed by atoms with Gasteiger partial charge in [0.15, 0.2) is 0 Å². The summed E-state index contributed by atoms with van der Waals surface area (Å²) >= 11 is 0. The van der Waals surface area contributed by atoms with Crippen LogP contribution in [-0.2, 0) is 10.2 Å². The normalized spacial score (nSPS) is 10.8. The summed E-state index contributed by atoms with van der Waals surface area (Å²) in [4.78, 5) is 11.8. The lowest BCUT2D eigenvalue weighted by Gasteiger charge is -2.21. The molecule has 0 aliphatic carbocycles. The number of ether oxygens (including phenoxy) is 1. The smallest absolute Gasteiger partial charge is 0.238 e. The van der Waals surface area contributed by atoms with Gasteiger partial charge in [-0.05, 0) is 23.1 Å². The van der Waals surface area contributed by atoms with Crippen LogP contribution in [0.25, 0.3) is 0 Å². The molecule has 0 aliphatic rings. The number of hydrogen-bond donors (Lipinski definition) is 2. The van der Waals surface area contributed by atoms with E-state index in [2.05, 4.69) is 37.3 Å². The lowest BCUT2D eigenvalue weighted by molar-refractivity contribution is -0.115. The topological polar surface area (TPSA) is 50.4 Å².